The van der Waals surface area contributed by atoms with E-state index in [4.69, 9.17) is 13.8 Å². The second-order valence-electron chi connectivity index (χ2n) is 14.7. The summed E-state index contributed by atoms with van der Waals surface area (Å²) in [5.74, 6) is -0.512. The molecule has 0 aromatic rings. The molecule has 0 aromatic carbocycles. The minimum atomic E-state index is -4.41. The van der Waals surface area contributed by atoms with E-state index in [0.717, 1.165) is 38.5 Å². The van der Waals surface area contributed by atoms with Gasteiger partial charge in [0.1, 0.15) is 12.7 Å². The molecule has 0 fully saturated rings. The van der Waals surface area contributed by atoms with Crippen LogP contribution in [0.5, 0.6) is 0 Å². The zero-order valence-electron chi connectivity index (χ0n) is 33.8. The fraction of sp³-hybridized carbons (Fsp3) is 0.905. The van der Waals surface area contributed by atoms with E-state index in [1.54, 1.807) is 0 Å². The van der Waals surface area contributed by atoms with Crippen LogP contribution in [0, 0.1) is 0 Å². The van der Waals surface area contributed by atoms with E-state index in [1.165, 1.54) is 148 Å². The smallest absolute Gasteiger partial charge is 0.463 e. The van der Waals surface area contributed by atoms with E-state index in [1.807, 2.05) is 0 Å². The first-order valence-electron chi connectivity index (χ1n) is 21.7. The average molecular weight is 760 g/mol. The number of rotatable bonds is 41. The molecule has 0 aliphatic heterocycles. The van der Waals surface area contributed by atoms with Crippen molar-refractivity contribution in [2.75, 3.05) is 26.4 Å². The highest BCUT2D eigenvalue weighted by Gasteiger charge is 2.23. The molecule has 0 rings (SSSR count). The molecule has 0 saturated carbocycles. The summed E-state index contributed by atoms with van der Waals surface area (Å²) in [4.78, 5) is 33.8. The highest BCUT2D eigenvalue weighted by Crippen LogP contribution is 2.42. The number of aliphatic hydroxyl groups excluding tert-OH is 1. The maximum absolute atomic E-state index is 12.1. The van der Waals surface area contributed by atoms with Crippen LogP contribution in [-0.2, 0) is 27.9 Å². The van der Waals surface area contributed by atoms with Crippen molar-refractivity contribution in [2.24, 2.45) is 0 Å². The van der Waals surface area contributed by atoms with Crippen molar-refractivity contribution in [3.8, 4) is 0 Å². The third-order valence-corrected chi connectivity index (χ3v) is 10.4. The number of phosphoric ester groups is 1. The largest absolute Gasteiger partial charge is 0.472 e. The molecule has 52 heavy (non-hydrogen) atoms. The van der Waals surface area contributed by atoms with E-state index in [0.29, 0.717) is 6.42 Å². The maximum atomic E-state index is 12.1. The van der Waals surface area contributed by atoms with Gasteiger partial charge in [-0.15, -0.1) is 0 Å². The van der Waals surface area contributed by atoms with Crippen molar-refractivity contribution in [1.29, 1.82) is 0 Å². The molecule has 0 aliphatic rings. The topological polar surface area (TPSA) is 131 Å². The Balaban J connectivity index is 3.55. The SMILES string of the molecule is CCCCCCCC/C=C/CCCCCCCCCCCCCC(=O)OCC(O)COP(=O)(O)OCCNC(=O)CCCCCCCCCCCC. The number of esters is 1. The molecule has 1 amide bonds. The van der Waals surface area contributed by atoms with Gasteiger partial charge >= 0.3 is 13.8 Å². The standard InChI is InChI=1S/C42H82NO8P/c1-3-5-7-9-11-13-15-16-17-18-19-20-21-22-23-24-25-27-29-31-33-35-42(46)49-38-40(44)39-51-52(47,48)50-37-36-43-41(45)34-32-30-28-26-14-12-10-8-6-4-2/h16-17,40,44H,3-15,18-39H2,1-2H3,(H,43,45)(H,47,48)/b17-16+. The van der Waals surface area contributed by atoms with Gasteiger partial charge in [-0.3, -0.25) is 18.6 Å². The van der Waals surface area contributed by atoms with Gasteiger partial charge in [0.2, 0.25) is 5.91 Å². The number of allylic oxidation sites excluding steroid dienone is 2. The van der Waals surface area contributed by atoms with Gasteiger partial charge in [0.15, 0.2) is 0 Å². The molecule has 3 N–H and O–H groups in total. The van der Waals surface area contributed by atoms with Gasteiger partial charge < -0.3 is 20.1 Å². The highest BCUT2D eigenvalue weighted by atomic mass is 31.2. The second-order valence-corrected chi connectivity index (χ2v) is 16.1. The Bertz CT molecular complexity index is 871. The predicted molar refractivity (Wildman–Crippen MR) is 215 cm³/mol. The number of aliphatic hydroxyl groups is 1. The quantitative estimate of drug-likeness (QED) is 0.0243. The van der Waals surface area contributed by atoms with Gasteiger partial charge in [-0.25, -0.2) is 4.57 Å². The lowest BCUT2D eigenvalue weighted by Crippen LogP contribution is -2.27. The summed E-state index contributed by atoms with van der Waals surface area (Å²) in [5, 5.41) is 12.7. The molecule has 2 atom stereocenters. The summed E-state index contributed by atoms with van der Waals surface area (Å²) in [6, 6.07) is 0. The fourth-order valence-electron chi connectivity index (χ4n) is 6.14. The van der Waals surface area contributed by atoms with Crippen LogP contribution in [0.3, 0.4) is 0 Å². The van der Waals surface area contributed by atoms with Crippen LogP contribution < -0.4 is 5.32 Å². The zero-order chi connectivity index (χ0) is 38.2. The van der Waals surface area contributed by atoms with Crippen LogP contribution in [0.2, 0.25) is 0 Å². The number of ether oxygens (including phenoxy) is 1. The van der Waals surface area contributed by atoms with Gasteiger partial charge in [0, 0.05) is 19.4 Å². The molecule has 0 aliphatic carbocycles. The minimum absolute atomic E-state index is 0.0858. The van der Waals surface area contributed by atoms with Crippen molar-refractivity contribution in [2.45, 2.75) is 219 Å². The Morgan fingerprint density at radius 2 is 0.981 bits per heavy atom. The molecule has 308 valence electrons. The molecular weight excluding hydrogens is 677 g/mol. The molecule has 10 heteroatoms. The van der Waals surface area contributed by atoms with Crippen LogP contribution in [0.25, 0.3) is 0 Å². The molecule has 9 nitrogen and oxygen atoms in total. The normalized spacial score (nSPS) is 13.4. The molecule has 0 bridgehead atoms. The number of amides is 1. The highest BCUT2D eigenvalue weighted by molar-refractivity contribution is 7.47. The molecule has 0 saturated heterocycles. The van der Waals surface area contributed by atoms with Gasteiger partial charge in [0.05, 0.1) is 13.2 Å². The van der Waals surface area contributed by atoms with E-state index in [-0.39, 0.29) is 32.1 Å². The van der Waals surface area contributed by atoms with E-state index in [9.17, 15) is 24.2 Å². The monoisotopic (exact) mass is 760 g/mol. The second kappa shape index (κ2) is 39.4. The van der Waals surface area contributed by atoms with Crippen molar-refractivity contribution in [3.05, 3.63) is 12.2 Å². The van der Waals surface area contributed by atoms with Crippen molar-refractivity contribution in [1.82, 2.24) is 5.32 Å². The summed E-state index contributed by atoms with van der Waals surface area (Å²) in [6.45, 7) is 3.56. The third kappa shape index (κ3) is 39.9. The minimum Gasteiger partial charge on any atom is -0.463 e. The number of hydrogen-bond acceptors (Lipinski definition) is 7. The first-order valence-corrected chi connectivity index (χ1v) is 23.2. The van der Waals surface area contributed by atoms with Gasteiger partial charge in [-0.05, 0) is 38.5 Å². The Kier molecular flexibility index (Phi) is 38.5. The van der Waals surface area contributed by atoms with Crippen LogP contribution in [0.4, 0.5) is 0 Å². The molecule has 0 spiro atoms. The van der Waals surface area contributed by atoms with Crippen molar-refractivity contribution in [3.63, 3.8) is 0 Å². The summed E-state index contributed by atoms with van der Waals surface area (Å²) in [5.41, 5.74) is 0. The number of carbonyl (C=O) groups is 2. The van der Waals surface area contributed by atoms with Gasteiger partial charge in [0.25, 0.3) is 0 Å². The Labute approximate surface area is 319 Å². The zero-order valence-corrected chi connectivity index (χ0v) is 34.7. The Hall–Kier alpha value is -1.25. The van der Waals surface area contributed by atoms with Crippen LogP contribution >= 0.6 is 7.82 Å². The molecular formula is C42H82NO8P. The van der Waals surface area contributed by atoms with Gasteiger partial charge in [-0.2, -0.15) is 0 Å². The lowest BCUT2D eigenvalue weighted by atomic mass is 10.0. The lowest BCUT2D eigenvalue weighted by Gasteiger charge is -2.15. The molecule has 0 heterocycles. The van der Waals surface area contributed by atoms with E-state index < -0.39 is 26.5 Å². The maximum Gasteiger partial charge on any atom is 0.472 e. The molecule has 0 radical (unpaired) electrons. The number of phosphoric acid groups is 1. The van der Waals surface area contributed by atoms with Gasteiger partial charge in [-0.1, -0.05) is 174 Å². The average Bonchev–Trinajstić information content (AvgIpc) is 3.13. The number of nitrogens with one attached hydrogen (secondary N) is 1. The third-order valence-electron chi connectivity index (χ3n) is 9.45. The van der Waals surface area contributed by atoms with Crippen LogP contribution in [0.15, 0.2) is 12.2 Å². The van der Waals surface area contributed by atoms with Crippen LogP contribution in [-0.4, -0.2) is 54.3 Å². The lowest BCUT2D eigenvalue weighted by molar-refractivity contribution is -0.147. The summed E-state index contributed by atoms with van der Waals surface area (Å²) in [6.07, 6.45) is 40.0. The first-order chi connectivity index (χ1) is 25.3. The number of carbonyl (C=O) groups excluding carboxylic acids is 2. The molecule has 0 aromatic heterocycles. The van der Waals surface area contributed by atoms with E-state index >= 15 is 0 Å². The first kappa shape index (κ1) is 50.8. The molecule has 2 unspecified atom stereocenters. The Morgan fingerprint density at radius 1 is 0.577 bits per heavy atom. The van der Waals surface area contributed by atoms with E-state index in [2.05, 4.69) is 31.3 Å². The summed E-state index contributed by atoms with van der Waals surface area (Å²) in [7, 11) is -4.41. The van der Waals surface area contributed by atoms with Crippen LogP contribution in [0.1, 0.15) is 213 Å². The van der Waals surface area contributed by atoms with Crippen molar-refractivity contribution < 1.29 is 37.9 Å². The fourth-order valence-corrected chi connectivity index (χ4v) is 6.90. The predicted octanol–water partition coefficient (Wildman–Crippen LogP) is 11.8. The van der Waals surface area contributed by atoms with Crippen molar-refractivity contribution >= 4 is 19.7 Å². The number of unbranched alkanes of at least 4 members (excludes halogenated alkanes) is 26. The summed E-state index contributed by atoms with van der Waals surface area (Å²) < 4.78 is 26.8. The Morgan fingerprint density at radius 3 is 1.44 bits per heavy atom. The summed E-state index contributed by atoms with van der Waals surface area (Å²) >= 11 is 0. The number of hydrogen-bond donors (Lipinski definition) is 3.